The molecule has 0 N–H and O–H groups in total. The van der Waals surface area contributed by atoms with Crippen molar-refractivity contribution in [3.63, 3.8) is 0 Å². The first-order valence-corrected chi connectivity index (χ1v) is 23.3. The van der Waals surface area contributed by atoms with Crippen LogP contribution in [0.15, 0.2) is 176 Å². The number of hydrogen-bond acceptors (Lipinski definition) is 1. The molecule has 0 radical (unpaired) electrons. The third-order valence-corrected chi connectivity index (χ3v) is 15.1. The summed E-state index contributed by atoms with van der Waals surface area (Å²) in [5.41, 5.74) is 14.2. The van der Waals surface area contributed by atoms with Crippen LogP contribution in [-0.2, 0) is 10.8 Å². The van der Waals surface area contributed by atoms with Crippen molar-refractivity contribution in [1.29, 1.82) is 0 Å². The number of rotatable bonds is 1. The lowest BCUT2D eigenvalue weighted by molar-refractivity contribution is 0.569. The zero-order valence-electron chi connectivity index (χ0n) is 37.7. The Bertz CT molecular complexity index is 4070. The first-order valence-electron chi connectivity index (χ1n) is 23.3. The topological polar surface area (TPSA) is 8.17 Å². The van der Waals surface area contributed by atoms with Crippen LogP contribution in [0.3, 0.4) is 0 Å². The highest BCUT2D eigenvalue weighted by molar-refractivity contribution is 6.90. The molecule has 65 heavy (non-hydrogen) atoms. The normalized spacial score (nSPS) is 13.6. The molecule has 2 aliphatic rings. The van der Waals surface area contributed by atoms with Gasteiger partial charge in [0.15, 0.2) is 0 Å². The number of hydrogen-bond donors (Lipinski definition) is 0. The summed E-state index contributed by atoms with van der Waals surface area (Å²) >= 11 is 0. The standard InChI is InChI=1S/C62H47BN2/c1-61(2,3)40-33-41(62(4,5)6)35-42(34-40)64-55-32-39-29-51-48-24-14-12-22-46(48)45-21-11-13-23-47(45)50(51)28-38(39)30-53(55)63-59-56(64)31-37-18-8-9-19-43(37)57(59)52-27-36-17-7-10-20-44(36)58-49-25-15-16-26-54(49)65(63)60(52)58/h7-35H,1-6H3. The molecule has 0 bridgehead atoms. The molecule has 0 saturated heterocycles. The smallest absolute Gasteiger partial charge is 0.333 e. The van der Waals surface area contributed by atoms with Crippen molar-refractivity contribution < 1.29 is 0 Å². The molecule has 2 aliphatic heterocycles. The van der Waals surface area contributed by atoms with Crippen LogP contribution in [0.5, 0.6) is 0 Å². The quantitative estimate of drug-likeness (QED) is 0.0909. The van der Waals surface area contributed by atoms with Gasteiger partial charge in [0, 0.05) is 44.4 Å². The summed E-state index contributed by atoms with van der Waals surface area (Å²) in [6, 6.07) is 67.7. The number of nitrogens with zero attached hydrogens (tertiary/aromatic N) is 2. The minimum absolute atomic E-state index is 0.0538. The Morgan fingerprint density at radius 2 is 0.892 bits per heavy atom. The number of benzene rings is 11. The molecule has 1 aromatic heterocycles. The number of para-hydroxylation sites is 1. The second kappa shape index (κ2) is 12.7. The average Bonchev–Trinajstić information content (AvgIpc) is 3.66. The van der Waals surface area contributed by atoms with Gasteiger partial charge in [0.05, 0.1) is 0 Å². The van der Waals surface area contributed by atoms with Crippen molar-refractivity contribution in [1.82, 2.24) is 4.48 Å². The summed E-state index contributed by atoms with van der Waals surface area (Å²) in [5.74, 6) is 0. The molecule has 3 heteroatoms. The molecule has 0 amide bonds. The van der Waals surface area contributed by atoms with Gasteiger partial charge in [-0.25, -0.2) is 0 Å². The van der Waals surface area contributed by atoms with Crippen LogP contribution < -0.4 is 15.8 Å². The first-order chi connectivity index (χ1) is 31.5. The molecule has 0 atom stereocenters. The molecule has 0 spiro atoms. The molecule has 3 heterocycles. The summed E-state index contributed by atoms with van der Waals surface area (Å²) in [4.78, 5) is 2.65. The monoisotopic (exact) mass is 830 g/mol. The molecular formula is C62H47BN2. The van der Waals surface area contributed by atoms with Crippen molar-refractivity contribution in [3.05, 3.63) is 187 Å². The fourth-order valence-corrected chi connectivity index (χ4v) is 12.0. The predicted molar refractivity (Wildman–Crippen MR) is 282 cm³/mol. The second-order valence-corrected chi connectivity index (χ2v) is 20.9. The molecule has 0 saturated carbocycles. The largest absolute Gasteiger partial charge is 0.375 e. The molecule has 0 fully saturated rings. The molecule has 0 unspecified atom stereocenters. The van der Waals surface area contributed by atoms with E-state index in [2.05, 4.69) is 227 Å². The van der Waals surface area contributed by atoms with Gasteiger partial charge >= 0.3 is 6.85 Å². The Morgan fingerprint density at radius 1 is 0.400 bits per heavy atom. The third kappa shape index (κ3) is 5.02. The van der Waals surface area contributed by atoms with E-state index in [9.17, 15) is 0 Å². The number of aromatic nitrogens is 1. The molecule has 14 rings (SSSR count). The maximum absolute atomic E-state index is 2.73. The highest BCUT2D eigenvalue weighted by atomic mass is 15.2. The summed E-state index contributed by atoms with van der Waals surface area (Å²) in [6.45, 7) is 14.0. The Labute approximate surface area is 379 Å². The van der Waals surface area contributed by atoms with E-state index in [0.717, 1.165) is 0 Å². The first kappa shape index (κ1) is 37.1. The predicted octanol–water partition coefficient (Wildman–Crippen LogP) is 15.7. The van der Waals surface area contributed by atoms with Crippen LogP contribution in [0.2, 0.25) is 0 Å². The maximum atomic E-state index is 2.73. The molecular weight excluding hydrogens is 784 g/mol. The van der Waals surface area contributed by atoms with Crippen molar-refractivity contribution in [2.24, 2.45) is 0 Å². The second-order valence-electron chi connectivity index (χ2n) is 20.9. The van der Waals surface area contributed by atoms with E-state index in [0.29, 0.717) is 0 Å². The van der Waals surface area contributed by atoms with Gasteiger partial charge < -0.3 is 9.38 Å². The molecule has 308 valence electrons. The Hall–Kier alpha value is -7.36. The zero-order valence-corrected chi connectivity index (χ0v) is 37.7. The Kier molecular flexibility index (Phi) is 7.23. The van der Waals surface area contributed by atoms with Crippen LogP contribution in [0.1, 0.15) is 52.7 Å². The van der Waals surface area contributed by atoms with E-state index in [1.54, 1.807) is 0 Å². The summed E-state index contributed by atoms with van der Waals surface area (Å²) < 4.78 is 2.73. The fourth-order valence-electron chi connectivity index (χ4n) is 12.0. The van der Waals surface area contributed by atoms with Crippen LogP contribution in [0.4, 0.5) is 17.1 Å². The van der Waals surface area contributed by atoms with Gasteiger partial charge in [0.1, 0.15) is 0 Å². The van der Waals surface area contributed by atoms with E-state index in [-0.39, 0.29) is 17.7 Å². The summed E-state index contributed by atoms with van der Waals surface area (Å²) in [6.07, 6.45) is 0. The molecule has 12 aromatic rings. The lowest BCUT2D eigenvalue weighted by Crippen LogP contribution is -2.56. The van der Waals surface area contributed by atoms with E-state index >= 15 is 0 Å². The van der Waals surface area contributed by atoms with Gasteiger partial charge in [-0.3, -0.25) is 0 Å². The van der Waals surface area contributed by atoms with Crippen molar-refractivity contribution in [3.8, 4) is 11.1 Å². The van der Waals surface area contributed by atoms with Gasteiger partial charge in [0.2, 0.25) is 0 Å². The van der Waals surface area contributed by atoms with Gasteiger partial charge in [-0.15, -0.1) is 0 Å². The minimum Gasteiger partial charge on any atom is -0.375 e. The lowest BCUT2D eigenvalue weighted by Gasteiger charge is -2.42. The van der Waals surface area contributed by atoms with Crippen LogP contribution >= 0.6 is 0 Å². The van der Waals surface area contributed by atoms with Gasteiger partial charge in [-0.05, 0) is 152 Å². The maximum Gasteiger partial charge on any atom is 0.333 e. The summed E-state index contributed by atoms with van der Waals surface area (Å²) in [7, 11) is 0. The molecule has 11 aromatic carbocycles. The third-order valence-electron chi connectivity index (χ3n) is 15.1. The molecule has 0 aliphatic carbocycles. The highest BCUT2D eigenvalue weighted by Crippen LogP contribution is 2.51. The van der Waals surface area contributed by atoms with Crippen molar-refractivity contribution in [2.75, 3.05) is 4.90 Å². The zero-order chi connectivity index (χ0) is 43.7. The fraction of sp³-hybridized carbons (Fsp3) is 0.129. The van der Waals surface area contributed by atoms with E-state index < -0.39 is 0 Å². The van der Waals surface area contributed by atoms with Crippen molar-refractivity contribution in [2.45, 2.75) is 52.4 Å². The number of fused-ring (bicyclic) bond motifs is 18. The van der Waals surface area contributed by atoms with Crippen LogP contribution in [0, 0.1) is 0 Å². The van der Waals surface area contributed by atoms with Crippen molar-refractivity contribution >= 4 is 121 Å². The van der Waals surface area contributed by atoms with Crippen LogP contribution in [-0.4, -0.2) is 11.3 Å². The van der Waals surface area contributed by atoms with Gasteiger partial charge in [-0.1, -0.05) is 169 Å². The summed E-state index contributed by atoms with van der Waals surface area (Å²) in [5, 5.41) is 18.1. The van der Waals surface area contributed by atoms with Crippen LogP contribution in [0.25, 0.3) is 97.6 Å². The van der Waals surface area contributed by atoms with E-state index in [1.165, 1.54) is 137 Å². The Balaban J connectivity index is 1.20. The SMILES string of the molecule is CC(C)(C)c1cc(N2c3cc4cc5c6ccccc6c6ccccc6c5cc4cc3B3c4c2cc2ccccc2c4-c2cc4ccccc4c4c5ccccc5n3c24)cc(C(C)(C)C)c1. The van der Waals surface area contributed by atoms with Gasteiger partial charge in [-0.2, -0.15) is 0 Å². The molecule has 2 nitrogen and oxygen atoms in total. The lowest BCUT2D eigenvalue weighted by atomic mass is 9.44. The average molecular weight is 831 g/mol. The highest BCUT2D eigenvalue weighted by Gasteiger charge is 2.44. The minimum atomic E-state index is -0.0757. The van der Waals surface area contributed by atoms with E-state index in [1.807, 2.05) is 0 Å². The van der Waals surface area contributed by atoms with Gasteiger partial charge in [0.25, 0.3) is 0 Å². The number of anilines is 3. The van der Waals surface area contributed by atoms with E-state index in [4.69, 9.17) is 0 Å². The Morgan fingerprint density at radius 3 is 1.51 bits per heavy atom.